The van der Waals surface area contributed by atoms with Crippen molar-refractivity contribution in [3.8, 4) is 0 Å². The van der Waals surface area contributed by atoms with Gasteiger partial charge in [-0.25, -0.2) is 0 Å². The molecule has 4 atom stereocenters. The van der Waals surface area contributed by atoms with Crippen LogP contribution in [-0.2, 0) is 9.47 Å². The minimum atomic E-state index is 0.416. The largest absolute Gasteiger partial charge is 0.373 e. The summed E-state index contributed by atoms with van der Waals surface area (Å²) in [6.07, 6.45) is 4.30. The van der Waals surface area contributed by atoms with Crippen LogP contribution in [0.25, 0.3) is 0 Å². The summed E-state index contributed by atoms with van der Waals surface area (Å²) in [5, 5.41) is 0. The standard InChI is InChI=1S/2C7H15NO.C4H10.C2H6/c2*1-6-4-8(3)5-7(2)9-6;1-3-4-2;1-2/h2*6-7H,4-5H2,1-3H3;3-4H2,1-2H3;1-2H3/t6-,7?;;;/m0.../s1. The molecule has 0 aromatic rings. The molecule has 0 bridgehead atoms. The van der Waals surface area contributed by atoms with Crippen LogP contribution in [0.15, 0.2) is 0 Å². The van der Waals surface area contributed by atoms with Gasteiger partial charge in [-0.2, -0.15) is 0 Å². The fourth-order valence-corrected chi connectivity index (χ4v) is 2.87. The van der Waals surface area contributed by atoms with Gasteiger partial charge < -0.3 is 19.3 Å². The highest BCUT2D eigenvalue weighted by molar-refractivity contribution is 4.70. The van der Waals surface area contributed by atoms with E-state index in [1.54, 1.807) is 0 Å². The van der Waals surface area contributed by atoms with Crippen molar-refractivity contribution in [3.63, 3.8) is 0 Å². The Bertz CT molecular complexity index is 188. The first kappa shape index (κ1) is 26.1. The summed E-state index contributed by atoms with van der Waals surface area (Å²) in [4.78, 5) is 4.61. The van der Waals surface area contributed by atoms with Crippen molar-refractivity contribution in [2.24, 2.45) is 0 Å². The molecular formula is C20H46N2O2. The molecule has 2 saturated heterocycles. The maximum atomic E-state index is 5.51. The molecule has 24 heavy (non-hydrogen) atoms. The van der Waals surface area contributed by atoms with E-state index >= 15 is 0 Å². The Morgan fingerprint density at radius 2 is 0.833 bits per heavy atom. The maximum Gasteiger partial charge on any atom is 0.0678 e. The van der Waals surface area contributed by atoms with Gasteiger partial charge in [0.05, 0.1) is 24.4 Å². The predicted octanol–water partition coefficient (Wildman–Crippen LogP) is 4.28. The van der Waals surface area contributed by atoms with Gasteiger partial charge in [-0.05, 0) is 41.8 Å². The fraction of sp³-hybridized carbons (Fsp3) is 1.00. The number of rotatable bonds is 1. The number of hydrogen-bond donors (Lipinski definition) is 0. The third kappa shape index (κ3) is 15.4. The SMILES string of the molecule is CC.CC1CN(C)CC(C)O1.CC1CN(C)C[C@H](C)O1.CCCC. The lowest BCUT2D eigenvalue weighted by Crippen LogP contribution is -2.43. The van der Waals surface area contributed by atoms with E-state index in [1.807, 2.05) is 13.8 Å². The van der Waals surface area contributed by atoms with E-state index in [0.29, 0.717) is 24.4 Å². The molecule has 2 aliphatic rings. The molecule has 0 N–H and O–H groups in total. The third-order valence-corrected chi connectivity index (χ3v) is 3.70. The van der Waals surface area contributed by atoms with Crippen LogP contribution >= 0.6 is 0 Å². The highest BCUT2D eigenvalue weighted by Gasteiger charge is 2.19. The van der Waals surface area contributed by atoms with E-state index in [9.17, 15) is 0 Å². The molecular weight excluding hydrogens is 300 g/mol. The summed E-state index contributed by atoms with van der Waals surface area (Å²) in [5.74, 6) is 0. The first-order valence-electron chi connectivity index (χ1n) is 9.96. The fourth-order valence-electron chi connectivity index (χ4n) is 2.87. The predicted molar refractivity (Wildman–Crippen MR) is 107 cm³/mol. The summed E-state index contributed by atoms with van der Waals surface area (Å²) in [5.41, 5.74) is 0. The Balaban J connectivity index is 0. The Labute approximate surface area is 152 Å². The normalized spacial score (nSPS) is 30.8. The minimum Gasteiger partial charge on any atom is -0.373 e. The Morgan fingerprint density at radius 3 is 0.958 bits per heavy atom. The number of unbranched alkanes of at least 4 members (excludes halogenated alkanes) is 1. The first-order valence-corrected chi connectivity index (χ1v) is 9.96. The second-order valence-electron chi connectivity index (χ2n) is 6.96. The molecule has 0 spiro atoms. The molecule has 148 valence electrons. The van der Waals surface area contributed by atoms with Crippen LogP contribution in [0, 0.1) is 0 Å². The number of likely N-dealkylation sites (N-methyl/N-ethyl adjacent to an activating group) is 2. The number of morpholine rings is 2. The zero-order valence-corrected chi connectivity index (χ0v) is 18.3. The van der Waals surface area contributed by atoms with E-state index in [2.05, 4.69) is 65.4 Å². The molecule has 2 rings (SSSR count). The van der Waals surface area contributed by atoms with Crippen molar-refractivity contribution >= 4 is 0 Å². The molecule has 4 heteroatoms. The van der Waals surface area contributed by atoms with Gasteiger partial charge in [-0.3, -0.25) is 0 Å². The zero-order valence-electron chi connectivity index (χ0n) is 18.3. The van der Waals surface area contributed by atoms with Crippen molar-refractivity contribution in [3.05, 3.63) is 0 Å². The van der Waals surface area contributed by atoms with Crippen LogP contribution in [0.2, 0.25) is 0 Å². The zero-order chi connectivity index (χ0) is 19.1. The summed E-state index contributed by atoms with van der Waals surface area (Å²) in [6.45, 7) is 21.1. The van der Waals surface area contributed by atoms with E-state index in [4.69, 9.17) is 9.47 Å². The van der Waals surface area contributed by atoms with Crippen LogP contribution in [0.3, 0.4) is 0 Å². The van der Waals surface area contributed by atoms with Crippen LogP contribution in [0.1, 0.15) is 68.2 Å². The summed E-state index contributed by atoms with van der Waals surface area (Å²) >= 11 is 0. The second kappa shape index (κ2) is 16.3. The van der Waals surface area contributed by atoms with Crippen LogP contribution < -0.4 is 0 Å². The summed E-state index contributed by atoms with van der Waals surface area (Å²) in [6, 6.07) is 0. The lowest BCUT2D eigenvalue weighted by atomic mass is 10.2. The average Bonchev–Trinajstić information content (AvgIpc) is 2.47. The Kier molecular flexibility index (Phi) is 17.7. The lowest BCUT2D eigenvalue weighted by molar-refractivity contribution is -0.0604. The van der Waals surface area contributed by atoms with E-state index in [1.165, 1.54) is 12.8 Å². The number of ether oxygens (including phenoxy) is 2. The molecule has 0 aromatic carbocycles. The maximum absolute atomic E-state index is 5.51. The Morgan fingerprint density at radius 1 is 0.625 bits per heavy atom. The lowest BCUT2D eigenvalue weighted by Gasteiger charge is -2.32. The molecule has 0 saturated carbocycles. The van der Waals surface area contributed by atoms with Crippen molar-refractivity contribution in [2.75, 3.05) is 40.3 Å². The highest BCUT2D eigenvalue weighted by atomic mass is 16.5. The molecule has 0 radical (unpaired) electrons. The number of hydrogen-bond acceptors (Lipinski definition) is 4. The average molecular weight is 347 g/mol. The van der Waals surface area contributed by atoms with Crippen LogP contribution in [-0.4, -0.2) is 74.5 Å². The first-order chi connectivity index (χ1) is 11.3. The third-order valence-electron chi connectivity index (χ3n) is 3.70. The summed E-state index contributed by atoms with van der Waals surface area (Å²) < 4.78 is 11.0. The van der Waals surface area contributed by atoms with Crippen molar-refractivity contribution < 1.29 is 9.47 Å². The minimum absolute atomic E-state index is 0.416. The van der Waals surface area contributed by atoms with E-state index < -0.39 is 0 Å². The molecule has 4 nitrogen and oxygen atoms in total. The second-order valence-corrected chi connectivity index (χ2v) is 6.96. The van der Waals surface area contributed by atoms with Gasteiger partial charge >= 0.3 is 0 Å². The van der Waals surface area contributed by atoms with Crippen molar-refractivity contribution in [1.82, 2.24) is 9.80 Å². The van der Waals surface area contributed by atoms with Gasteiger partial charge in [-0.1, -0.05) is 40.5 Å². The quantitative estimate of drug-likeness (QED) is 0.707. The number of nitrogens with zero attached hydrogens (tertiary/aromatic N) is 2. The molecule has 0 amide bonds. The van der Waals surface area contributed by atoms with Crippen molar-refractivity contribution in [2.45, 2.75) is 92.6 Å². The molecule has 0 aliphatic carbocycles. The van der Waals surface area contributed by atoms with Crippen LogP contribution in [0.4, 0.5) is 0 Å². The van der Waals surface area contributed by atoms with E-state index in [0.717, 1.165) is 26.2 Å². The molecule has 3 unspecified atom stereocenters. The summed E-state index contributed by atoms with van der Waals surface area (Å²) in [7, 11) is 4.27. The van der Waals surface area contributed by atoms with Gasteiger partial charge in [0.2, 0.25) is 0 Å². The monoisotopic (exact) mass is 346 g/mol. The van der Waals surface area contributed by atoms with Crippen molar-refractivity contribution in [1.29, 1.82) is 0 Å². The van der Waals surface area contributed by atoms with E-state index in [-0.39, 0.29) is 0 Å². The molecule has 2 fully saturated rings. The topological polar surface area (TPSA) is 24.9 Å². The molecule has 2 aliphatic heterocycles. The van der Waals surface area contributed by atoms with Gasteiger partial charge in [-0.15, -0.1) is 0 Å². The molecule has 2 heterocycles. The smallest absolute Gasteiger partial charge is 0.0678 e. The van der Waals surface area contributed by atoms with Gasteiger partial charge in [0, 0.05) is 26.2 Å². The highest BCUT2D eigenvalue weighted by Crippen LogP contribution is 2.08. The van der Waals surface area contributed by atoms with Gasteiger partial charge in [0.1, 0.15) is 0 Å². The van der Waals surface area contributed by atoms with Gasteiger partial charge in [0.25, 0.3) is 0 Å². The van der Waals surface area contributed by atoms with Crippen LogP contribution in [0.5, 0.6) is 0 Å². The Hall–Kier alpha value is -0.160. The van der Waals surface area contributed by atoms with Gasteiger partial charge in [0.15, 0.2) is 0 Å². The molecule has 0 aromatic heterocycles.